The molecule has 0 saturated carbocycles. The first kappa shape index (κ1) is 12.2. The van der Waals surface area contributed by atoms with Gasteiger partial charge >= 0.3 is 0 Å². The molecule has 0 aliphatic carbocycles. The molecule has 0 atom stereocenters. The van der Waals surface area contributed by atoms with Crippen molar-refractivity contribution in [2.45, 2.75) is 0 Å². The summed E-state index contributed by atoms with van der Waals surface area (Å²) in [6, 6.07) is 13.1. The van der Waals surface area contributed by atoms with Crippen LogP contribution in [0.2, 0.25) is 0 Å². The summed E-state index contributed by atoms with van der Waals surface area (Å²) < 4.78 is 8.50. The molecule has 2 aromatic heterocycles. The largest absolute Gasteiger partial charge is 0.437 e. The van der Waals surface area contributed by atoms with E-state index in [2.05, 4.69) is 27.6 Å². The Bertz CT molecular complexity index is 735. The second kappa shape index (κ2) is 5.00. The summed E-state index contributed by atoms with van der Waals surface area (Å²) in [6.45, 7) is 0. The molecular formula is C14H9IN2O2. The monoisotopic (exact) mass is 364 g/mol. The number of aldehydes is 1. The van der Waals surface area contributed by atoms with Gasteiger partial charge in [0.15, 0.2) is 12.0 Å². The summed E-state index contributed by atoms with van der Waals surface area (Å²) in [6.07, 6.45) is 2.54. The summed E-state index contributed by atoms with van der Waals surface area (Å²) in [5.74, 6) is 0.981. The van der Waals surface area contributed by atoms with Gasteiger partial charge in [-0.05, 0) is 59.0 Å². The van der Waals surface area contributed by atoms with Gasteiger partial charge in [0.2, 0.25) is 5.88 Å². The first-order chi connectivity index (χ1) is 9.28. The smallest absolute Gasteiger partial charge is 0.249 e. The number of halogens is 1. The van der Waals surface area contributed by atoms with Crippen LogP contribution in [0.1, 0.15) is 10.5 Å². The van der Waals surface area contributed by atoms with E-state index in [0.29, 0.717) is 23.0 Å². The van der Waals surface area contributed by atoms with Crippen LogP contribution in [0.5, 0.6) is 11.6 Å². The maximum absolute atomic E-state index is 11.2. The van der Waals surface area contributed by atoms with E-state index in [1.807, 2.05) is 42.5 Å². The number of hydrogen-bond donors (Lipinski definition) is 0. The number of carbonyl (C=O) groups is 1. The molecule has 0 N–H and O–H groups in total. The molecule has 0 saturated heterocycles. The maximum Gasteiger partial charge on any atom is 0.249 e. The molecule has 3 rings (SSSR count). The average molecular weight is 364 g/mol. The predicted octanol–water partition coefficient (Wildman–Crippen LogP) is 3.54. The Morgan fingerprint density at radius 1 is 1.16 bits per heavy atom. The highest BCUT2D eigenvalue weighted by molar-refractivity contribution is 14.1. The Morgan fingerprint density at radius 2 is 1.95 bits per heavy atom. The van der Waals surface area contributed by atoms with E-state index < -0.39 is 0 Å². The predicted molar refractivity (Wildman–Crippen MR) is 79.8 cm³/mol. The van der Waals surface area contributed by atoms with E-state index in [-0.39, 0.29) is 0 Å². The summed E-state index contributed by atoms with van der Waals surface area (Å²) >= 11 is 2.22. The summed E-state index contributed by atoms with van der Waals surface area (Å²) in [5.41, 5.74) is 1.10. The summed E-state index contributed by atoms with van der Waals surface area (Å²) in [5, 5.41) is 0. The van der Waals surface area contributed by atoms with Gasteiger partial charge in [0.05, 0.1) is 0 Å². The third-order valence-corrected chi connectivity index (χ3v) is 3.39. The van der Waals surface area contributed by atoms with Crippen LogP contribution in [0, 0.1) is 3.57 Å². The Hall–Kier alpha value is -1.89. The Balaban J connectivity index is 2.05. The van der Waals surface area contributed by atoms with Gasteiger partial charge in [0.1, 0.15) is 11.4 Å². The zero-order chi connectivity index (χ0) is 13.2. The van der Waals surface area contributed by atoms with Gasteiger partial charge in [-0.3, -0.25) is 9.20 Å². The number of carbonyl (C=O) groups excluding carboxylic acids is 1. The third kappa shape index (κ3) is 2.33. The molecule has 19 heavy (non-hydrogen) atoms. The summed E-state index contributed by atoms with van der Waals surface area (Å²) in [7, 11) is 0. The standard InChI is InChI=1S/C14H9IN2O2/c15-10-4-6-11(7-5-10)19-14-12(9-18)17-8-2-1-3-13(17)16-14/h1-9H. The zero-order valence-electron chi connectivity index (χ0n) is 9.79. The number of imidazole rings is 1. The number of rotatable bonds is 3. The first-order valence-electron chi connectivity index (χ1n) is 5.63. The number of nitrogens with zero attached hydrogens (tertiary/aromatic N) is 2. The molecule has 0 fully saturated rings. The zero-order valence-corrected chi connectivity index (χ0v) is 11.9. The number of hydrogen-bond acceptors (Lipinski definition) is 3. The van der Waals surface area contributed by atoms with Crippen LogP contribution in [0.15, 0.2) is 48.7 Å². The van der Waals surface area contributed by atoms with Gasteiger partial charge < -0.3 is 4.74 Å². The number of aromatic nitrogens is 2. The minimum atomic E-state index is 0.322. The van der Waals surface area contributed by atoms with E-state index in [0.717, 1.165) is 9.86 Å². The SMILES string of the molecule is O=Cc1c(Oc2ccc(I)cc2)nc2ccccn12. The quantitative estimate of drug-likeness (QED) is 0.528. The highest BCUT2D eigenvalue weighted by atomic mass is 127. The molecule has 94 valence electrons. The van der Waals surface area contributed by atoms with Crippen molar-refractivity contribution in [1.29, 1.82) is 0 Å². The third-order valence-electron chi connectivity index (χ3n) is 2.67. The second-order valence-corrected chi connectivity index (χ2v) is 5.15. The summed E-state index contributed by atoms with van der Waals surface area (Å²) in [4.78, 5) is 15.5. The van der Waals surface area contributed by atoms with E-state index in [4.69, 9.17) is 4.74 Å². The topological polar surface area (TPSA) is 43.6 Å². The molecular weight excluding hydrogens is 355 g/mol. The van der Waals surface area contributed by atoms with Crippen LogP contribution in [-0.2, 0) is 0 Å². The Kier molecular flexibility index (Phi) is 3.20. The van der Waals surface area contributed by atoms with Gasteiger partial charge in [-0.25, -0.2) is 0 Å². The fraction of sp³-hybridized carbons (Fsp3) is 0. The molecule has 2 heterocycles. The van der Waals surface area contributed by atoms with Gasteiger partial charge in [-0.1, -0.05) is 6.07 Å². The molecule has 0 amide bonds. The average Bonchev–Trinajstić information content (AvgIpc) is 2.78. The van der Waals surface area contributed by atoms with Crippen LogP contribution in [-0.4, -0.2) is 15.7 Å². The van der Waals surface area contributed by atoms with Crippen LogP contribution in [0.4, 0.5) is 0 Å². The molecule has 0 spiro atoms. The highest BCUT2D eigenvalue weighted by Gasteiger charge is 2.13. The lowest BCUT2D eigenvalue weighted by Crippen LogP contribution is -1.92. The fourth-order valence-corrected chi connectivity index (χ4v) is 2.15. The molecule has 0 bridgehead atoms. The normalized spacial score (nSPS) is 10.6. The molecule has 4 nitrogen and oxygen atoms in total. The van der Waals surface area contributed by atoms with Crippen LogP contribution in [0.25, 0.3) is 5.65 Å². The molecule has 1 aromatic carbocycles. The van der Waals surface area contributed by atoms with Crippen molar-refractivity contribution in [1.82, 2.24) is 9.38 Å². The molecule has 5 heteroatoms. The van der Waals surface area contributed by atoms with Gasteiger partial charge in [0.25, 0.3) is 0 Å². The minimum absolute atomic E-state index is 0.322. The molecule has 3 aromatic rings. The van der Waals surface area contributed by atoms with Crippen molar-refractivity contribution < 1.29 is 9.53 Å². The van der Waals surface area contributed by atoms with Crippen LogP contribution < -0.4 is 4.74 Å². The molecule has 0 aliphatic heterocycles. The van der Waals surface area contributed by atoms with Crippen molar-refractivity contribution >= 4 is 34.5 Å². The number of benzene rings is 1. The van der Waals surface area contributed by atoms with Crippen molar-refractivity contribution in [3.05, 3.63) is 57.9 Å². The fourth-order valence-electron chi connectivity index (χ4n) is 1.79. The Labute approximate surface area is 123 Å². The van der Waals surface area contributed by atoms with Crippen molar-refractivity contribution in [2.24, 2.45) is 0 Å². The first-order valence-corrected chi connectivity index (χ1v) is 6.71. The second-order valence-electron chi connectivity index (χ2n) is 3.90. The lowest BCUT2D eigenvalue weighted by molar-refractivity contribution is 0.111. The minimum Gasteiger partial charge on any atom is -0.437 e. The lowest BCUT2D eigenvalue weighted by Gasteiger charge is -2.02. The van der Waals surface area contributed by atoms with Crippen molar-refractivity contribution in [3.8, 4) is 11.6 Å². The van der Waals surface area contributed by atoms with E-state index in [9.17, 15) is 4.79 Å². The molecule has 0 unspecified atom stereocenters. The Morgan fingerprint density at radius 3 is 2.68 bits per heavy atom. The van der Waals surface area contributed by atoms with Gasteiger partial charge in [-0.15, -0.1) is 0 Å². The van der Waals surface area contributed by atoms with Crippen molar-refractivity contribution in [3.63, 3.8) is 0 Å². The van der Waals surface area contributed by atoms with E-state index in [1.165, 1.54) is 0 Å². The highest BCUT2D eigenvalue weighted by Crippen LogP contribution is 2.25. The maximum atomic E-state index is 11.2. The lowest BCUT2D eigenvalue weighted by atomic mass is 10.3. The van der Waals surface area contributed by atoms with E-state index in [1.54, 1.807) is 10.6 Å². The number of pyridine rings is 1. The van der Waals surface area contributed by atoms with Crippen molar-refractivity contribution in [2.75, 3.05) is 0 Å². The molecule has 0 radical (unpaired) electrons. The van der Waals surface area contributed by atoms with Crippen LogP contribution in [0.3, 0.4) is 0 Å². The van der Waals surface area contributed by atoms with Crippen LogP contribution >= 0.6 is 22.6 Å². The molecule has 0 aliphatic rings. The van der Waals surface area contributed by atoms with Gasteiger partial charge in [-0.2, -0.15) is 4.98 Å². The van der Waals surface area contributed by atoms with Gasteiger partial charge in [0, 0.05) is 9.77 Å². The number of fused-ring (bicyclic) bond motifs is 1. The van der Waals surface area contributed by atoms with E-state index >= 15 is 0 Å². The number of ether oxygens (including phenoxy) is 1.